The zero-order chi connectivity index (χ0) is 13.0. The Morgan fingerprint density at radius 2 is 2.22 bits per heavy atom. The fourth-order valence-corrected chi connectivity index (χ4v) is 1.74. The van der Waals surface area contributed by atoms with E-state index in [1.54, 1.807) is 4.68 Å². The van der Waals surface area contributed by atoms with Gasteiger partial charge in [-0.3, -0.25) is 4.68 Å². The van der Waals surface area contributed by atoms with Crippen molar-refractivity contribution in [3.8, 4) is 0 Å². The summed E-state index contributed by atoms with van der Waals surface area (Å²) in [6, 6.07) is 2.46. The zero-order valence-corrected chi connectivity index (χ0v) is 11.0. The van der Waals surface area contributed by atoms with Gasteiger partial charge in [0.25, 0.3) is 0 Å². The monoisotopic (exact) mass is 248 g/mol. The molecule has 1 unspecified atom stereocenters. The molecule has 0 fully saturated rings. The smallest absolute Gasteiger partial charge is 0.0867 e. The standard InChI is InChI=1S/C12H20N6/c1-3-10(2)18-7-5-12(15-18)9-17-8-11(4-6-13)14-16-17/h5,7-8,10H,3-4,6,9,13H2,1-2H3. The van der Waals surface area contributed by atoms with Crippen molar-refractivity contribution < 1.29 is 0 Å². The van der Waals surface area contributed by atoms with Crippen LogP contribution in [0.1, 0.15) is 37.7 Å². The van der Waals surface area contributed by atoms with Gasteiger partial charge in [-0.15, -0.1) is 5.10 Å². The second-order valence-corrected chi connectivity index (χ2v) is 4.49. The van der Waals surface area contributed by atoms with Gasteiger partial charge >= 0.3 is 0 Å². The van der Waals surface area contributed by atoms with E-state index in [-0.39, 0.29) is 0 Å². The van der Waals surface area contributed by atoms with Gasteiger partial charge in [0, 0.05) is 24.9 Å². The lowest BCUT2D eigenvalue weighted by Crippen LogP contribution is -2.07. The van der Waals surface area contributed by atoms with E-state index in [1.165, 1.54) is 0 Å². The van der Waals surface area contributed by atoms with E-state index in [4.69, 9.17) is 5.73 Å². The predicted octanol–water partition coefficient (Wildman–Crippen LogP) is 0.995. The molecule has 1 atom stereocenters. The molecule has 0 saturated heterocycles. The van der Waals surface area contributed by atoms with Crippen molar-refractivity contribution in [2.45, 2.75) is 39.3 Å². The van der Waals surface area contributed by atoms with Gasteiger partial charge in [0.05, 0.1) is 17.9 Å². The fraction of sp³-hybridized carbons (Fsp3) is 0.583. The molecular weight excluding hydrogens is 228 g/mol. The number of rotatable bonds is 6. The number of hydrogen-bond acceptors (Lipinski definition) is 4. The minimum atomic E-state index is 0.433. The van der Waals surface area contributed by atoms with Crippen LogP contribution in [0.2, 0.25) is 0 Å². The van der Waals surface area contributed by atoms with Gasteiger partial charge in [0.2, 0.25) is 0 Å². The Morgan fingerprint density at radius 3 is 2.94 bits per heavy atom. The lowest BCUT2D eigenvalue weighted by Gasteiger charge is -2.07. The molecule has 6 heteroatoms. The molecule has 2 aromatic heterocycles. The van der Waals surface area contributed by atoms with Crippen LogP contribution in [0.5, 0.6) is 0 Å². The molecule has 0 aliphatic heterocycles. The van der Waals surface area contributed by atoms with E-state index >= 15 is 0 Å². The van der Waals surface area contributed by atoms with Crippen LogP contribution in [0, 0.1) is 0 Å². The Labute approximate surface area is 107 Å². The molecule has 0 bridgehead atoms. The van der Waals surface area contributed by atoms with Crippen molar-refractivity contribution in [1.82, 2.24) is 24.8 Å². The van der Waals surface area contributed by atoms with E-state index in [2.05, 4.69) is 29.3 Å². The van der Waals surface area contributed by atoms with Crippen molar-refractivity contribution in [1.29, 1.82) is 0 Å². The van der Waals surface area contributed by atoms with Crippen molar-refractivity contribution in [2.24, 2.45) is 5.73 Å². The number of nitrogens with zero attached hydrogens (tertiary/aromatic N) is 5. The van der Waals surface area contributed by atoms with Crippen LogP contribution >= 0.6 is 0 Å². The topological polar surface area (TPSA) is 74.5 Å². The zero-order valence-electron chi connectivity index (χ0n) is 11.0. The van der Waals surface area contributed by atoms with Crippen LogP contribution in [0.4, 0.5) is 0 Å². The molecule has 0 aliphatic carbocycles. The molecule has 2 N–H and O–H groups in total. The van der Waals surface area contributed by atoms with Gasteiger partial charge in [0.15, 0.2) is 0 Å². The molecule has 0 spiro atoms. The summed E-state index contributed by atoms with van der Waals surface area (Å²) >= 11 is 0. The maximum absolute atomic E-state index is 5.48. The number of aromatic nitrogens is 5. The van der Waals surface area contributed by atoms with Gasteiger partial charge in [0.1, 0.15) is 0 Å². The van der Waals surface area contributed by atoms with E-state index in [0.29, 0.717) is 19.1 Å². The Kier molecular flexibility index (Phi) is 4.09. The first kappa shape index (κ1) is 12.8. The molecule has 0 radical (unpaired) electrons. The van der Waals surface area contributed by atoms with Crippen LogP contribution in [0.15, 0.2) is 18.5 Å². The summed E-state index contributed by atoms with van der Waals surface area (Å²) in [5, 5.41) is 12.7. The molecule has 2 aromatic rings. The first-order chi connectivity index (χ1) is 8.72. The van der Waals surface area contributed by atoms with Crippen molar-refractivity contribution in [3.63, 3.8) is 0 Å². The van der Waals surface area contributed by atoms with Gasteiger partial charge in [-0.05, 0) is 26.0 Å². The van der Waals surface area contributed by atoms with Gasteiger partial charge in [-0.2, -0.15) is 5.10 Å². The molecule has 6 nitrogen and oxygen atoms in total. The maximum Gasteiger partial charge on any atom is 0.0867 e. The first-order valence-corrected chi connectivity index (χ1v) is 6.36. The lowest BCUT2D eigenvalue weighted by atomic mass is 10.3. The van der Waals surface area contributed by atoms with E-state index < -0.39 is 0 Å². The van der Waals surface area contributed by atoms with E-state index in [1.807, 2.05) is 23.1 Å². The van der Waals surface area contributed by atoms with Crippen LogP contribution in [-0.2, 0) is 13.0 Å². The fourth-order valence-electron chi connectivity index (χ4n) is 1.74. The average Bonchev–Trinajstić information content (AvgIpc) is 2.99. The third-order valence-corrected chi connectivity index (χ3v) is 3.02. The Hall–Kier alpha value is -1.69. The summed E-state index contributed by atoms with van der Waals surface area (Å²) in [4.78, 5) is 0. The second-order valence-electron chi connectivity index (χ2n) is 4.49. The summed E-state index contributed by atoms with van der Waals surface area (Å²) in [5.74, 6) is 0. The van der Waals surface area contributed by atoms with Crippen molar-refractivity contribution in [3.05, 3.63) is 29.8 Å². The highest BCUT2D eigenvalue weighted by Crippen LogP contribution is 2.09. The Morgan fingerprint density at radius 1 is 1.39 bits per heavy atom. The summed E-state index contributed by atoms with van der Waals surface area (Å²) < 4.78 is 3.79. The molecule has 98 valence electrons. The minimum Gasteiger partial charge on any atom is -0.330 e. The number of nitrogens with two attached hydrogens (primary N) is 1. The first-order valence-electron chi connectivity index (χ1n) is 6.36. The summed E-state index contributed by atoms with van der Waals surface area (Å²) in [7, 11) is 0. The summed E-state index contributed by atoms with van der Waals surface area (Å²) in [5.41, 5.74) is 7.41. The van der Waals surface area contributed by atoms with Gasteiger partial charge < -0.3 is 5.73 Å². The van der Waals surface area contributed by atoms with Crippen LogP contribution in [-0.4, -0.2) is 31.3 Å². The highest BCUT2D eigenvalue weighted by molar-refractivity contribution is 5.01. The molecule has 18 heavy (non-hydrogen) atoms. The van der Waals surface area contributed by atoms with Crippen molar-refractivity contribution >= 4 is 0 Å². The van der Waals surface area contributed by atoms with E-state index in [9.17, 15) is 0 Å². The molecule has 0 aromatic carbocycles. The summed E-state index contributed by atoms with van der Waals surface area (Å²) in [6.07, 6.45) is 5.78. The van der Waals surface area contributed by atoms with Crippen LogP contribution in [0.25, 0.3) is 0 Å². The van der Waals surface area contributed by atoms with Gasteiger partial charge in [-0.25, -0.2) is 4.68 Å². The van der Waals surface area contributed by atoms with Gasteiger partial charge in [-0.1, -0.05) is 12.1 Å². The van der Waals surface area contributed by atoms with E-state index in [0.717, 1.165) is 24.2 Å². The third kappa shape index (κ3) is 2.95. The highest BCUT2D eigenvalue weighted by atomic mass is 15.4. The third-order valence-electron chi connectivity index (χ3n) is 3.02. The largest absolute Gasteiger partial charge is 0.330 e. The SMILES string of the molecule is CCC(C)n1ccc(Cn2cc(CCN)nn2)n1. The minimum absolute atomic E-state index is 0.433. The molecule has 2 heterocycles. The number of hydrogen-bond donors (Lipinski definition) is 1. The lowest BCUT2D eigenvalue weighted by molar-refractivity contribution is 0.470. The maximum atomic E-state index is 5.48. The predicted molar refractivity (Wildman–Crippen MR) is 69.1 cm³/mol. The van der Waals surface area contributed by atoms with Crippen LogP contribution in [0.3, 0.4) is 0 Å². The normalized spacial score (nSPS) is 12.8. The average molecular weight is 248 g/mol. The Balaban J connectivity index is 2.01. The van der Waals surface area contributed by atoms with Crippen molar-refractivity contribution in [2.75, 3.05) is 6.54 Å². The molecule has 0 amide bonds. The highest BCUT2D eigenvalue weighted by Gasteiger charge is 2.06. The molecule has 0 saturated carbocycles. The summed E-state index contributed by atoms with van der Waals surface area (Å²) in [6.45, 7) is 5.57. The molecule has 0 aliphatic rings. The molecule has 2 rings (SSSR count). The van der Waals surface area contributed by atoms with Crippen LogP contribution < -0.4 is 5.73 Å². The Bertz CT molecular complexity index is 486. The second kappa shape index (κ2) is 5.77. The molecular formula is C12H20N6. The quantitative estimate of drug-likeness (QED) is 0.827.